The third kappa shape index (κ3) is 4.92. The minimum atomic E-state index is -0.597. The number of carbonyl (C=O) groups is 3. The fourth-order valence-electron chi connectivity index (χ4n) is 5.39. The van der Waals surface area contributed by atoms with E-state index in [4.69, 9.17) is 0 Å². The predicted molar refractivity (Wildman–Crippen MR) is 116 cm³/mol. The molecule has 1 aliphatic carbocycles. The van der Waals surface area contributed by atoms with Crippen LogP contribution in [0.25, 0.3) is 0 Å². The number of rotatable bonds is 4. The summed E-state index contributed by atoms with van der Waals surface area (Å²) in [7, 11) is 0. The van der Waals surface area contributed by atoms with Crippen molar-refractivity contribution < 1.29 is 19.5 Å². The van der Waals surface area contributed by atoms with Crippen LogP contribution in [0.2, 0.25) is 0 Å². The van der Waals surface area contributed by atoms with Gasteiger partial charge in [0.2, 0.25) is 11.8 Å². The van der Waals surface area contributed by atoms with Gasteiger partial charge in [-0.25, -0.2) is 0 Å². The van der Waals surface area contributed by atoms with Gasteiger partial charge < -0.3 is 20.2 Å². The van der Waals surface area contributed by atoms with Crippen molar-refractivity contribution in [1.82, 2.24) is 15.1 Å². The molecule has 1 unspecified atom stereocenters. The zero-order valence-electron chi connectivity index (χ0n) is 18.1. The molecule has 7 nitrogen and oxygen atoms in total. The number of hydrogen-bond donors (Lipinski definition) is 2. The minimum Gasteiger partial charge on any atom is -0.389 e. The second-order valence-corrected chi connectivity index (χ2v) is 9.31. The van der Waals surface area contributed by atoms with Crippen LogP contribution in [-0.2, 0) is 9.59 Å². The quantitative estimate of drug-likeness (QED) is 0.767. The van der Waals surface area contributed by atoms with Crippen LogP contribution in [0.4, 0.5) is 0 Å². The third-order valence-corrected chi connectivity index (χ3v) is 7.30. The highest BCUT2D eigenvalue weighted by atomic mass is 16.3. The summed E-state index contributed by atoms with van der Waals surface area (Å²) in [4.78, 5) is 41.7. The lowest BCUT2D eigenvalue weighted by atomic mass is 9.71. The number of benzene rings is 1. The number of carbonyl (C=O) groups excluding carboxylic acids is 3. The molecule has 1 aromatic rings. The van der Waals surface area contributed by atoms with E-state index >= 15 is 0 Å². The molecule has 3 fully saturated rings. The van der Waals surface area contributed by atoms with Crippen LogP contribution < -0.4 is 5.32 Å². The van der Waals surface area contributed by atoms with Crippen molar-refractivity contribution in [2.24, 2.45) is 11.8 Å². The number of nitrogens with zero attached hydrogens (tertiary/aromatic N) is 2. The number of fused-ring (bicyclic) bond motifs is 1. The number of piperidine rings is 2. The van der Waals surface area contributed by atoms with Crippen LogP contribution in [0.5, 0.6) is 0 Å². The first-order valence-corrected chi connectivity index (χ1v) is 11.6. The largest absolute Gasteiger partial charge is 0.389 e. The van der Waals surface area contributed by atoms with E-state index in [1.165, 1.54) is 0 Å². The maximum Gasteiger partial charge on any atom is 0.251 e. The fraction of sp³-hybridized carbons (Fsp3) is 0.625. The van der Waals surface area contributed by atoms with Gasteiger partial charge in [0.1, 0.15) is 0 Å². The molecule has 31 heavy (non-hydrogen) atoms. The van der Waals surface area contributed by atoms with Crippen LogP contribution in [0.1, 0.15) is 55.3 Å². The van der Waals surface area contributed by atoms with Crippen LogP contribution in [0.15, 0.2) is 30.3 Å². The molecule has 2 N–H and O–H groups in total. The molecule has 0 spiro atoms. The van der Waals surface area contributed by atoms with Crippen molar-refractivity contribution in [3.63, 3.8) is 0 Å². The number of aliphatic hydroxyl groups is 1. The molecular formula is C24H33N3O4. The second-order valence-electron chi connectivity index (χ2n) is 9.31. The zero-order valence-corrected chi connectivity index (χ0v) is 18.1. The summed E-state index contributed by atoms with van der Waals surface area (Å²) in [5, 5.41) is 13.6. The van der Waals surface area contributed by atoms with Gasteiger partial charge in [-0.1, -0.05) is 31.0 Å². The van der Waals surface area contributed by atoms with Gasteiger partial charge in [0.05, 0.1) is 18.1 Å². The molecule has 4 rings (SSSR count). The number of hydrogen-bond acceptors (Lipinski definition) is 4. The van der Waals surface area contributed by atoms with E-state index in [0.717, 1.165) is 38.5 Å². The minimum absolute atomic E-state index is 0.0620. The molecule has 2 aliphatic heterocycles. The Kier molecular flexibility index (Phi) is 6.60. The summed E-state index contributed by atoms with van der Waals surface area (Å²) in [6, 6.07) is 8.82. The second kappa shape index (κ2) is 9.39. The van der Waals surface area contributed by atoms with E-state index in [2.05, 4.69) is 5.32 Å². The van der Waals surface area contributed by atoms with Gasteiger partial charge in [0.25, 0.3) is 5.91 Å². The summed E-state index contributed by atoms with van der Waals surface area (Å²) >= 11 is 0. The zero-order chi connectivity index (χ0) is 21.8. The lowest BCUT2D eigenvalue weighted by molar-refractivity contribution is -0.150. The third-order valence-electron chi connectivity index (χ3n) is 7.30. The van der Waals surface area contributed by atoms with Crippen molar-refractivity contribution in [2.75, 3.05) is 32.7 Å². The van der Waals surface area contributed by atoms with Crippen molar-refractivity contribution in [3.05, 3.63) is 35.9 Å². The molecule has 3 aliphatic rings. The number of nitrogens with one attached hydrogen (secondary N) is 1. The van der Waals surface area contributed by atoms with E-state index in [-0.39, 0.29) is 36.1 Å². The molecule has 0 radical (unpaired) electrons. The summed E-state index contributed by atoms with van der Waals surface area (Å²) in [5.41, 5.74) is -0.0737. The van der Waals surface area contributed by atoms with Gasteiger partial charge in [0.15, 0.2) is 0 Å². The summed E-state index contributed by atoms with van der Waals surface area (Å²) in [6.07, 6.45) is 6.25. The number of likely N-dealkylation sites (tertiary alicyclic amines) is 2. The molecular weight excluding hydrogens is 394 g/mol. The Morgan fingerprint density at radius 3 is 2.58 bits per heavy atom. The summed E-state index contributed by atoms with van der Waals surface area (Å²) in [5.74, 6) is -0.335. The van der Waals surface area contributed by atoms with Crippen molar-refractivity contribution >= 4 is 17.7 Å². The van der Waals surface area contributed by atoms with E-state index < -0.39 is 5.60 Å². The van der Waals surface area contributed by atoms with Crippen LogP contribution in [0, 0.1) is 11.8 Å². The molecule has 3 atom stereocenters. The first-order chi connectivity index (χ1) is 15.0. The maximum atomic E-state index is 13.2. The van der Waals surface area contributed by atoms with Crippen molar-refractivity contribution in [1.29, 1.82) is 0 Å². The highest BCUT2D eigenvalue weighted by molar-refractivity contribution is 5.96. The van der Waals surface area contributed by atoms with Gasteiger partial charge in [-0.3, -0.25) is 14.4 Å². The van der Waals surface area contributed by atoms with Crippen molar-refractivity contribution in [3.8, 4) is 0 Å². The van der Waals surface area contributed by atoms with E-state index in [1.807, 2.05) is 11.0 Å². The molecule has 2 heterocycles. The fourth-order valence-corrected chi connectivity index (χ4v) is 5.39. The summed E-state index contributed by atoms with van der Waals surface area (Å²) < 4.78 is 0. The smallest absolute Gasteiger partial charge is 0.251 e. The van der Waals surface area contributed by atoms with E-state index in [1.54, 1.807) is 29.2 Å². The van der Waals surface area contributed by atoms with Gasteiger partial charge in [-0.05, 0) is 44.2 Å². The highest BCUT2D eigenvalue weighted by Gasteiger charge is 2.44. The Bertz CT molecular complexity index is 814. The average Bonchev–Trinajstić information content (AvgIpc) is 2.82. The molecule has 3 amide bonds. The van der Waals surface area contributed by atoms with Gasteiger partial charge in [0, 0.05) is 37.7 Å². The Labute approximate surface area is 183 Å². The molecule has 168 valence electrons. The van der Waals surface area contributed by atoms with Gasteiger partial charge >= 0.3 is 0 Å². The summed E-state index contributed by atoms with van der Waals surface area (Å²) in [6.45, 7) is 2.19. The molecule has 1 aromatic carbocycles. The Hall–Kier alpha value is -2.41. The van der Waals surface area contributed by atoms with Gasteiger partial charge in [-0.15, -0.1) is 0 Å². The highest BCUT2D eigenvalue weighted by Crippen LogP contribution is 2.40. The Balaban J connectivity index is 1.29. The van der Waals surface area contributed by atoms with Crippen LogP contribution >= 0.6 is 0 Å². The maximum absolute atomic E-state index is 13.2. The van der Waals surface area contributed by atoms with Crippen LogP contribution in [0.3, 0.4) is 0 Å². The van der Waals surface area contributed by atoms with Crippen LogP contribution in [-0.4, -0.2) is 71.0 Å². The predicted octanol–water partition coefficient (Wildman–Crippen LogP) is 1.81. The molecule has 0 bridgehead atoms. The molecule has 0 aromatic heterocycles. The SMILES string of the molecule is O=C(NCC(=O)N1CCCC(C(=O)N2CC[C@@]3(O)CCCC[C@H]3C2)C1)c1ccccc1. The number of amides is 3. The van der Waals surface area contributed by atoms with Gasteiger partial charge in [-0.2, -0.15) is 0 Å². The average molecular weight is 428 g/mol. The molecule has 7 heteroatoms. The normalized spacial score (nSPS) is 28.5. The standard InChI is InChI=1S/C24H33N3O4/c28-21(15-25-22(29)18-7-2-1-3-8-18)26-13-6-9-19(16-26)23(30)27-14-12-24(31)11-5-4-10-20(24)17-27/h1-3,7-8,19-20,31H,4-6,9-17H2,(H,25,29)/t19?,20-,24-/m0/s1. The first kappa shape index (κ1) is 21.8. The van der Waals surface area contributed by atoms with E-state index in [0.29, 0.717) is 38.2 Å². The monoisotopic (exact) mass is 427 g/mol. The van der Waals surface area contributed by atoms with Crippen molar-refractivity contribution in [2.45, 2.75) is 50.5 Å². The lowest BCUT2D eigenvalue weighted by Gasteiger charge is -2.48. The Morgan fingerprint density at radius 2 is 1.77 bits per heavy atom. The molecule has 1 saturated carbocycles. The topological polar surface area (TPSA) is 90.0 Å². The molecule has 2 saturated heterocycles. The Morgan fingerprint density at radius 1 is 0.968 bits per heavy atom. The lowest BCUT2D eigenvalue weighted by Crippen LogP contribution is -2.57. The first-order valence-electron chi connectivity index (χ1n) is 11.6. The van der Waals surface area contributed by atoms with E-state index in [9.17, 15) is 19.5 Å².